The van der Waals surface area contributed by atoms with E-state index in [9.17, 15) is 14.4 Å². The number of unbranched alkanes of at least 4 members (excludes halogenated alkanes) is 1. The predicted octanol–water partition coefficient (Wildman–Crippen LogP) is 5.46. The van der Waals surface area contributed by atoms with Crippen molar-refractivity contribution in [3.8, 4) is 0 Å². The number of nitrogens with two attached hydrogens (primary N) is 1. The molecule has 3 unspecified atom stereocenters. The number of hydrogen-bond donors (Lipinski definition) is 2. The van der Waals surface area contributed by atoms with E-state index in [4.69, 9.17) is 10.7 Å². The first-order chi connectivity index (χ1) is 19.3. The first-order valence-electron chi connectivity index (χ1n) is 14.9. The fourth-order valence-corrected chi connectivity index (χ4v) is 6.16. The van der Waals surface area contributed by atoms with Crippen LogP contribution in [-0.2, 0) is 14.4 Å². The van der Waals surface area contributed by atoms with Crippen molar-refractivity contribution >= 4 is 29.1 Å². The molecule has 40 heavy (non-hydrogen) atoms. The van der Waals surface area contributed by atoms with E-state index in [0.717, 1.165) is 42.5 Å². The van der Waals surface area contributed by atoms with Crippen molar-refractivity contribution in [2.24, 2.45) is 34.4 Å². The number of fused-ring (bicyclic) bond motifs is 1. The van der Waals surface area contributed by atoms with Crippen LogP contribution in [0.15, 0.2) is 59.6 Å². The molecule has 2 aromatic rings. The van der Waals surface area contributed by atoms with Crippen LogP contribution in [0.25, 0.3) is 0 Å². The first-order valence-corrected chi connectivity index (χ1v) is 14.9. The van der Waals surface area contributed by atoms with E-state index in [1.165, 1.54) is 12.8 Å². The highest BCUT2D eigenvalue weighted by molar-refractivity contribution is 6.20. The second-order valence-electron chi connectivity index (χ2n) is 11.8. The zero-order chi connectivity index (χ0) is 28.6. The summed E-state index contributed by atoms with van der Waals surface area (Å²) < 4.78 is 0. The Bertz CT molecular complexity index is 1200. The summed E-state index contributed by atoms with van der Waals surface area (Å²) in [7, 11) is 0. The van der Waals surface area contributed by atoms with Crippen LogP contribution < -0.4 is 16.0 Å². The van der Waals surface area contributed by atoms with Crippen LogP contribution in [0, 0.1) is 23.7 Å². The topological polar surface area (TPSA) is 105 Å². The predicted molar refractivity (Wildman–Crippen MR) is 160 cm³/mol. The quantitative estimate of drug-likeness (QED) is 0.371. The smallest absolute Gasteiger partial charge is 0.272 e. The van der Waals surface area contributed by atoms with E-state index in [1.54, 1.807) is 0 Å². The second-order valence-corrected chi connectivity index (χ2v) is 11.8. The molecule has 2 aromatic carbocycles. The summed E-state index contributed by atoms with van der Waals surface area (Å²) in [6, 6.07) is 17.7. The largest absolute Gasteiger partial charge is 0.369 e. The highest BCUT2D eigenvalue weighted by atomic mass is 16.2. The number of amides is 3. The molecule has 0 aromatic heterocycles. The number of nitrogens with zero attached hydrogens (tertiary/aromatic N) is 2. The molecule has 7 heteroatoms. The zero-order valence-corrected chi connectivity index (χ0v) is 24.1. The third-order valence-electron chi connectivity index (χ3n) is 8.23. The Hall–Kier alpha value is -3.48. The molecule has 1 heterocycles. The van der Waals surface area contributed by atoms with Crippen molar-refractivity contribution in [2.45, 2.75) is 78.3 Å². The number of primary amides is 1. The summed E-state index contributed by atoms with van der Waals surface area (Å²) in [6.45, 7) is 6.70. The molecule has 1 fully saturated rings. The number of nitrogens with one attached hydrogen (secondary N) is 1. The first kappa shape index (κ1) is 29.5. The molecule has 0 spiro atoms. The Morgan fingerprint density at radius 3 is 2.35 bits per heavy atom. The van der Waals surface area contributed by atoms with Crippen molar-refractivity contribution in [2.75, 3.05) is 11.4 Å². The van der Waals surface area contributed by atoms with E-state index in [1.807, 2.05) is 73.3 Å². The third kappa shape index (κ3) is 6.98. The van der Waals surface area contributed by atoms with Crippen LogP contribution in [-0.4, -0.2) is 36.1 Å². The molecule has 3 atom stereocenters. The molecular formula is C33H44N4O3. The highest BCUT2D eigenvalue weighted by Gasteiger charge is 2.38. The number of aliphatic imine (C=N–C) groups is 1. The minimum Gasteiger partial charge on any atom is -0.369 e. The van der Waals surface area contributed by atoms with Crippen LogP contribution >= 0.6 is 0 Å². The van der Waals surface area contributed by atoms with Crippen molar-refractivity contribution in [1.29, 1.82) is 0 Å². The van der Waals surface area contributed by atoms with Gasteiger partial charge in [0.2, 0.25) is 18.0 Å². The lowest BCUT2D eigenvalue weighted by Crippen LogP contribution is -2.51. The minimum atomic E-state index is -1.11. The Kier molecular flexibility index (Phi) is 10.1. The Morgan fingerprint density at radius 2 is 1.70 bits per heavy atom. The molecule has 1 aliphatic carbocycles. The molecular weight excluding hydrogens is 500 g/mol. The number of benzene rings is 2. The maximum Gasteiger partial charge on any atom is 0.272 e. The monoisotopic (exact) mass is 544 g/mol. The van der Waals surface area contributed by atoms with Crippen molar-refractivity contribution < 1.29 is 14.4 Å². The molecule has 3 amide bonds. The number of anilines is 1. The normalized spacial score (nSPS) is 19.1. The number of para-hydroxylation sites is 1. The van der Waals surface area contributed by atoms with E-state index < -0.39 is 23.9 Å². The number of hydrogen-bond acceptors (Lipinski definition) is 4. The van der Waals surface area contributed by atoms with Crippen molar-refractivity contribution in [1.82, 2.24) is 5.32 Å². The van der Waals surface area contributed by atoms with Gasteiger partial charge in [0.25, 0.3) is 5.91 Å². The summed E-state index contributed by atoms with van der Waals surface area (Å²) in [4.78, 5) is 47.4. The molecule has 1 aliphatic heterocycles. The van der Waals surface area contributed by atoms with Gasteiger partial charge in [0.05, 0.1) is 11.4 Å². The Balaban J connectivity index is 1.75. The molecule has 3 N–H and O–H groups in total. The Morgan fingerprint density at radius 1 is 1.02 bits per heavy atom. The van der Waals surface area contributed by atoms with Crippen molar-refractivity contribution in [3.05, 3.63) is 65.7 Å². The minimum absolute atomic E-state index is 0.176. The zero-order valence-electron chi connectivity index (χ0n) is 24.1. The third-order valence-corrected chi connectivity index (χ3v) is 8.23. The summed E-state index contributed by atoms with van der Waals surface area (Å²) >= 11 is 0. The fraction of sp³-hybridized carbons (Fsp3) is 0.515. The number of carbonyl (C=O) groups is 3. The number of carbonyl (C=O) groups excluding carboxylic acids is 3. The molecule has 4 rings (SSSR count). The van der Waals surface area contributed by atoms with Gasteiger partial charge in [-0.1, -0.05) is 95.0 Å². The van der Waals surface area contributed by atoms with Gasteiger partial charge in [-0.15, -0.1) is 0 Å². The van der Waals surface area contributed by atoms with Crippen LogP contribution in [0.1, 0.15) is 83.3 Å². The van der Waals surface area contributed by atoms with Gasteiger partial charge in [-0.05, 0) is 43.6 Å². The summed E-state index contributed by atoms with van der Waals surface area (Å²) in [5.41, 5.74) is 9.05. The number of rotatable bonds is 12. The van der Waals surface area contributed by atoms with Gasteiger partial charge < -0.3 is 16.0 Å². The Labute approximate surface area is 238 Å². The highest BCUT2D eigenvalue weighted by Crippen LogP contribution is 2.33. The molecule has 214 valence electrons. The van der Waals surface area contributed by atoms with Crippen molar-refractivity contribution in [3.63, 3.8) is 0 Å². The lowest BCUT2D eigenvalue weighted by Gasteiger charge is -2.30. The standard InChI is InChI=1S/C33H44N4O3/c1-4-5-17-25(30(34)38)27(20-22(2)3)32(39)36-31-33(40)37(21-23-13-9-10-14-23)28-19-12-11-18-26(28)29(35-31)24-15-7-6-8-16-24/h6-8,11-12,15-16,18-19,22-23,25,27,31H,4-5,9-10,13-14,17,20-21H2,1-3H3,(H2,34,38)(H,36,39). The van der Waals surface area contributed by atoms with E-state index in [0.29, 0.717) is 31.0 Å². The average molecular weight is 545 g/mol. The molecule has 0 radical (unpaired) electrons. The van der Waals surface area contributed by atoms with Gasteiger partial charge in [-0.25, -0.2) is 4.99 Å². The van der Waals surface area contributed by atoms with Crippen LogP contribution in [0.5, 0.6) is 0 Å². The average Bonchev–Trinajstić information content (AvgIpc) is 3.43. The van der Waals surface area contributed by atoms with Gasteiger partial charge in [0.15, 0.2) is 0 Å². The van der Waals surface area contributed by atoms with E-state index in [-0.39, 0.29) is 17.7 Å². The molecule has 1 saturated carbocycles. The summed E-state index contributed by atoms with van der Waals surface area (Å²) in [5.74, 6) is -1.68. The van der Waals surface area contributed by atoms with Crippen LogP contribution in [0.2, 0.25) is 0 Å². The maximum absolute atomic E-state index is 14.2. The maximum atomic E-state index is 14.2. The van der Waals surface area contributed by atoms with Crippen LogP contribution in [0.3, 0.4) is 0 Å². The number of benzodiazepines with no additional fused rings is 1. The lowest BCUT2D eigenvalue weighted by molar-refractivity contribution is -0.136. The molecule has 0 saturated heterocycles. The summed E-state index contributed by atoms with van der Waals surface area (Å²) in [5, 5.41) is 2.99. The van der Waals surface area contributed by atoms with Gasteiger partial charge in [0, 0.05) is 29.5 Å². The van der Waals surface area contributed by atoms with Gasteiger partial charge in [0.1, 0.15) is 0 Å². The summed E-state index contributed by atoms with van der Waals surface area (Å²) in [6.07, 6.45) is 6.17. The van der Waals surface area contributed by atoms with Gasteiger partial charge >= 0.3 is 0 Å². The SMILES string of the molecule is CCCCC(C(N)=O)C(CC(C)C)C(=O)NC1N=C(c2ccccc2)c2ccccc2N(CC2CCCC2)C1=O. The lowest BCUT2D eigenvalue weighted by atomic mass is 9.81. The van der Waals surface area contributed by atoms with Crippen LogP contribution in [0.4, 0.5) is 5.69 Å². The van der Waals surface area contributed by atoms with E-state index >= 15 is 0 Å². The second kappa shape index (κ2) is 13.7. The van der Waals surface area contributed by atoms with Gasteiger partial charge in [-0.3, -0.25) is 14.4 Å². The molecule has 7 nitrogen and oxygen atoms in total. The fourth-order valence-electron chi connectivity index (χ4n) is 6.16. The molecule has 2 aliphatic rings. The van der Waals surface area contributed by atoms with Gasteiger partial charge in [-0.2, -0.15) is 0 Å². The molecule has 0 bridgehead atoms. The van der Waals surface area contributed by atoms with E-state index in [2.05, 4.69) is 12.2 Å².